The summed E-state index contributed by atoms with van der Waals surface area (Å²) in [6, 6.07) is 0. The molecule has 0 bridgehead atoms. The van der Waals surface area contributed by atoms with E-state index in [0.717, 1.165) is 10.9 Å². The molecule has 12 heteroatoms. The zero-order chi connectivity index (χ0) is 17.5. The van der Waals surface area contributed by atoms with Crippen molar-refractivity contribution in [3.63, 3.8) is 0 Å². The summed E-state index contributed by atoms with van der Waals surface area (Å²) in [7, 11) is -3.50. The predicted octanol–water partition coefficient (Wildman–Crippen LogP) is 1.12. The molecule has 0 aliphatic heterocycles. The second-order valence-corrected chi connectivity index (χ2v) is 7.17. The number of hydrogen-bond acceptors (Lipinski definition) is 6. The van der Waals surface area contributed by atoms with E-state index in [1.165, 1.54) is 6.20 Å². The van der Waals surface area contributed by atoms with Crippen LogP contribution < -0.4 is 4.72 Å². The Morgan fingerprint density at radius 2 is 2.00 bits per heavy atom. The molecule has 0 fully saturated rings. The van der Waals surface area contributed by atoms with E-state index in [4.69, 9.17) is 0 Å². The summed E-state index contributed by atoms with van der Waals surface area (Å²) in [5.74, 6) is -1.21. The van der Waals surface area contributed by atoms with Crippen LogP contribution >= 0.6 is 0 Å². The van der Waals surface area contributed by atoms with Gasteiger partial charge in [0.1, 0.15) is 11.4 Å². The van der Waals surface area contributed by atoms with Gasteiger partial charge in [0.05, 0.1) is 24.5 Å². The van der Waals surface area contributed by atoms with Gasteiger partial charge < -0.3 is 4.42 Å². The van der Waals surface area contributed by atoms with E-state index in [-0.39, 0.29) is 17.9 Å². The quantitative estimate of drug-likeness (QED) is 0.864. The lowest BCUT2D eigenvalue weighted by Gasteiger charge is -2.21. The minimum atomic E-state index is -4.66. The van der Waals surface area contributed by atoms with Crippen LogP contribution in [-0.4, -0.2) is 34.7 Å². The second-order valence-electron chi connectivity index (χ2n) is 5.43. The Hall–Kier alpha value is -1.95. The van der Waals surface area contributed by atoms with E-state index in [1.807, 2.05) is 0 Å². The highest BCUT2D eigenvalue weighted by Gasteiger charge is 2.38. The summed E-state index contributed by atoms with van der Waals surface area (Å²) in [5, 5.41) is 7.48. The number of sulfonamides is 1. The Kier molecular flexibility index (Phi) is 4.24. The molecule has 2 rings (SSSR count). The van der Waals surface area contributed by atoms with Crippen molar-refractivity contribution in [2.75, 3.05) is 6.26 Å². The van der Waals surface area contributed by atoms with Gasteiger partial charge in [0.15, 0.2) is 6.39 Å². The van der Waals surface area contributed by atoms with Crippen LogP contribution in [0.25, 0.3) is 0 Å². The highest BCUT2D eigenvalue weighted by Crippen LogP contribution is 2.31. The Morgan fingerprint density at radius 3 is 2.57 bits per heavy atom. The lowest BCUT2D eigenvalue weighted by atomic mass is 10.0. The molecule has 0 aliphatic rings. The molecule has 128 valence electrons. The first-order valence-electron chi connectivity index (χ1n) is 6.27. The van der Waals surface area contributed by atoms with Crippen molar-refractivity contribution >= 4 is 10.0 Å². The van der Waals surface area contributed by atoms with Gasteiger partial charge in [0, 0.05) is 0 Å². The summed E-state index contributed by atoms with van der Waals surface area (Å²) in [6.07, 6.45) is -1.63. The molecule has 0 radical (unpaired) electrons. The monoisotopic (exact) mass is 353 g/mol. The van der Waals surface area contributed by atoms with Gasteiger partial charge in [-0.05, 0) is 13.8 Å². The first-order valence-corrected chi connectivity index (χ1v) is 8.17. The third kappa shape index (κ3) is 4.28. The SMILES string of the molecule is CC(C)(NS(C)(=O)=O)c1cn(Cc2ncoc2C(F)(F)F)nn1. The smallest absolute Gasteiger partial charge is 0.439 e. The molecule has 0 unspecified atom stereocenters. The molecule has 0 amide bonds. The van der Waals surface area contributed by atoms with Gasteiger partial charge in [-0.25, -0.2) is 22.8 Å². The van der Waals surface area contributed by atoms with Crippen LogP contribution in [0.2, 0.25) is 0 Å². The number of aromatic nitrogens is 4. The molecule has 1 N–H and O–H groups in total. The standard InChI is InChI=1S/C11H14F3N5O3S/c1-10(2,17-23(3,20)21)8-5-19(18-16-8)4-7-9(11(12,13)14)22-6-15-7/h5-6,17H,4H2,1-3H3. The number of nitrogens with one attached hydrogen (secondary N) is 1. The third-order valence-corrected chi connectivity index (χ3v) is 3.71. The minimum Gasteiger partial charge on any atom is -0.439 e. The van der Waals surface area contributed by atoms with E-state index in [1.54, 1.807) is 13.8 Å². The van der Waals surface area contributed by atoms with Crippen molar-refractivity contribution in [1.29, 1.82) is 0 Å². The highest BCUT2D eigenvalue weighted by molar-refractivity contribution is 7.88. The summed E-state index contributed by atoms with van der Waals surface area (Å²) in [4.78, 5) is 3.52. The van der Waals surface area contributed by atoms with E-state index in [2.05, 4.69) is 24.4 Å². The number of hydrogen-bond donors (Lipinski definition) is 1. The van der Waals surface area contributed by atoms with Crippen LogP contribution in [0.3, 0.4) is 0 Å². The maximum atomic E-state index is 12.7. The fraction of sp³-hybridized carbons (Fsp3) is 0.545. The summed E-state index contributed by atoms with van der Waals surface area (Å²) in [6.45, 7) is 2.80. The van der Waals surface area contributed by atoms with Gasteiger partial charge in [-0.2, -0.15) is 13.2 Å². The zero-order valence-corrected chi connectivity index (χ0v) is 13.2. The summed E-state index contributed by atoms with van der Waals surface area (Å²) in [5.41, 5.74) is -1.16. The van der Waals surface area contributed by atoms with Crippen LogP contribution in [0, 0.1) is 0 Å². The van der Waals surface area contributed by atoms with Crippen molar-refractivity contribution in [3.05, 3.63) is 29.7 Å². The van der Waals surface area contributed by atoms with Crippen molar-refractivity contribution < 1.29 is 26.0 Å². The molecular weight excluding hydrogens is 339 g/mol. The van der Waals surface area contributed by atoms with Crippen LogP contribution in [0.5, 0.6) is 0 Å². The van der Waals surface area contributed by atoms with Gasteiger partial charge in [-0.15, -0.1) is 5.10 Å². The average molecular weight is 353 g/mol. The minimum absolute atomic E-state index is 0.250. The molecule has 23 heavy (non-hydrogen) atoms. The van der Waals surface area contributed by atoms with Gasteiger partial charge in [0.2, 0.25) is 15.8 Å². The lowest BCUT2D eigenvalue weighted by molar-refractivity contribution is -0.153. The van der Waals surface area contributed by atoms with Gasteiger partial charge >= 0.3 is 6.18 Å². The number of nitrogens with zero attached hydrogens (tertiary/aromatic N) is 4. The van der Waals surface area contributed by atoms with Gasteiger partial charge in [0.25, 0.3) is 0 Å². The van der Waals surface area contributed by atoms with Crippen LogP contribution in [0.15, 0.2) is 17.0 Å². The van der Waals surface area contributed by atoms with Crippen LogP contribution in [-0.2, 0) is 28.3 Å². The molecule has 0 saturated carbocycles. The maximum Gasteiger partial charge on any atom is 0.451 e. The highest BCUT2D eigenvalue weighted by atomic mass is 32.2. The maximum absolute atomic E-state index is 12.7. The van der Waals surface area contributed by atoms with E-state index in [9.17, 15) is 21.6 Å². The Morgan fingerprint density at radius 1 is 1.35 bits per heavy atom. The third-order valence-electron chi connectivity index (χ3n) is 2.83. The number of rotatable bonds is 5. The topological polar surface area (TPSA) is 103 Å². The number of alkyl halides is 3. The van der Waals surface area contributed by atoms with Crippen molar-refractivity contribution in [1.82, 2.24) is 24.7 Å². The summed E-state index contributed by atoms with van der Waals surface area (Å²) >= 11 is 0. The Labute approximate surface area is 129 Å². The van der Waals surface area contributed by atoms with Gasteiger partial charge in [-0.1, -0.05) is 5.21 Å². The number of halogens is 3. The molecule has 8 nitrogen and oxygen atoms in total. The van der Waals surface area contributed by atoms with Crippen molar-refractivity contribution in [3.8, 4) is 0 Å². The largest absolute Gasteiger partial charge is 0.451 e. The fourth-order valence-electron chi connectivity index (χ4n) is 1.94. The zero-order valence-electron chi connectivity index (χ0n) is 12.4. The average Bonchev–Trinajstić information content (AvgIpc) is 2.94. The Bertz CT molecular complexity index is 794. The van der Waals surface area contributed by atoms with Crippen LogP contribution in [0.4, 0.5) is 13.2 Å². The first-order chi connectivity index (χ1) is 10.4. The molecule has 0 aliphatic carbocycles. The molecular formula is C11H14F3N5O3S. The summed E-state index contributed by atoms with van der Waals surface area (Å²) < 4.78 is 68.6. The normalized spacial score (nSPS) is 13.5. The number of oxazole rings is 1. The second kappa shape index (κ2) is 5.60. The van der Waals surface area contributed by atoms with Crippen LogP contribution in [0.1, 0.15) is 31.0 Å². The first kappa shape index (κ1) is 17.4. The van der Waals surface area contributed by atoms with Crippen molar-refractivity contribution in [2.45, 2.75) is 32.1 Å². The van der Waals surface area contributed by atoms with Crippen molar-refractivity contribution in [2.24, 2.45) is 0 Å². The molecule has 2 aromatic heterocycles. The molecule has 0 aromatic carbocycles. The molecule has 0 spiro atoms. The Balaban J connectivity index is 2.23. The van der Waals surface area contributed by atoms with E-state index < -0.39 is 27.5 Å². The lowest BCUT2D eigenvalue weighted by Crippen LogP contribution is -2.40. The molecule has 2 heterocycles. The van der Waals surface area contributed by atoms with E-state index >= 15 is 0 Å². The molecule has 0 saturated heterocycles. The molecule has 0 atom stereocenters. The molecule has 2 aromatic rings. The van der Waals surface area contributed by atoms with Gasteiger partial charge in [-0.3, -0.25) is 0 Å². The van der Waals surface area contributed by atoms with E-state index in [0.29, 0.717) is 6.39 Å². The fourth-order valence-corrected chi connectivity index (χ4v) is 2.98. The predicted molar refractivity (Wildman–Crippen MR) is 71.6 cm³/mol.